The molecule has 3 heterocycles. The number of anilines is 4. The standard InChI is InChI=1S/C42H46F4N8O5S/c1-6-26-16-31(54-40(60)53(39(58)41(54,4)5)30-11-10-27(20-47)32(18-30)42(44,45)46)19-33(43)37(26)59-15-14-51-21-24(2)52(25(3)22-51)23-36(56)49-29-9-7-8-28(17-29)48-34-12-13-35(55)50-38(34)57/h7-11,16-19,24-25,34,48H,6,12-15,21-23H2,1-5H3,(H,49,56)(H,50,55,57)/t24-,25+,34?. The Balaban J connectivity index is 1.05. The van der Waals surface area contributed by atoms with E-state index < -0.39 is 40.6 Å². The SMILES string of the molecule is CCc1cc(N2C(=S)N(c3ccc(C#N)c(C(F)(F)F)c3)C(=O)C2(C)C)cc(F)c1OCCN1C[C@@H](C)N(CC(=O)Nc2cccc(NC3CCC(=O)NC3=O)c2)[C@@H](C)C1. The Morgan fingerprint density at radius 3 is 2.38 bits per heavy atom. The lowest BCUT2D eigenvalue weighted by molar-refractivity contribution is -0.138. The van der Waals surface area contributed by atoms with Crippen LogP contribution in [0.1, 0.15) is 64.2 Å². The van der Waals surface area contributed by atoms with Crippen molar-refractivity contribution in [3.8, 4) is 11.8 Å². The largest absolute Gasteiger partial charge is 0.489 e. The van der Waals surface area contributed by atoms with Gasteiger partial charge in [-0.15, -0.1) is 0 Å². The van der Waals surface area contributed by atoms with Gasteiger partial charge in [0, 0.05) is 61.3 Å². The number of piperidine rings is 1. The summed E-state index contributed by atoms with van der Waals surface area (Å²) in [7, 11) is 0. The first-order valence-electron chi connectivity index (χ1n) is 19.6. The number of piperazine rings is 1. The van der Waals surface area contributed by atoms with E-state index in [1.807, 2.05) is 20.8 Å². The van der Waals surface area contributed by atoms with Crippen molar-refractivity contribution < 1.29 is 41.5 Å². The average Bonchev–Trinajstić information content (AvgIpc) is 3.36. The number of ether oxygens (including phenoxy) is 1. The molecule has 0 saturated carbocycles. The van der Waals surface area contributed by atoms with E-state index in [-0.39, 0.29) is 71.6 Å². The molecule has 1 unspecified atom stereocenters. The van der Waals surface area contributed by atoms with Crippen molar-refractivity contribution in [3.63, 3.8) is 0 Å². The normalized spacial score (nSPS) is 21.2. The predicted molar refractivity (Wildman–Crippen MR) is 221 cm³/mol. The number of nitrogens with zero attached hydrogens (tertiary/aromatic N) is 5. The van der Waals surface area contributed by atoms with Gasteiger partial charge in [0.25, 0.3) is 5.91 Å². The molecule has 0 bridgehead atoms. The second-order valence-corrected chi connectivity index (χ2v) is 16.0. The Morgan fingerprint density at radius 1 is 1.03 bits per heavy atom. The molecule has 0 spiro atoms. The van der Waals surface area contributed by atoms with Gasteiger partial charge in [-0.25, -0.2) is 4.39 Å². The molecule has 3 atom stereocenters. The predicted octanol–water partition coefficient (Wildman–Crippen LogP) is 5.82. The molecule has 60 heavy (non-hydrogen) atoms. The van der Waals surface area contributed by atoms with Crippen molar-refractivity contribution in [1.82, 2.24) is 15.1 Å². The zero-order valence-corrected chi connectivity index (χ0v) is 34.6. The van der Waals surface area contributed by atoms with Crippen LogP contribution in [0, 0.1) is 17.1 Å². The number of thiocarbonyl (C=S) groups is 1. The van der Waals surface area contributed by atoms with Crippen LogP contribution < -0.4 is 30.5 Å². The van der Waals surface area contributed by atoms with Crippen LogP contribution in [0.4, 0.5) is 40.3 Å². The number of benzene rings is 3. The summed E-state index contributed by atoms with van der Waals surface area (Å²) in [5.41, 5.74) is -1.44. The summed E-state index contributed by atoms with van der Waals surface area (Å²) in [5.74, 6) is -2.16. The maximum atomic E-state index is 16.0. The van der Waals surface area contributed by atoms with Gasteiger partial charge in [0.1, 0.15) is 18.2 Å². The van der Waals surface area contributed by atoms with Gasteiger partial charge >= 0.3 is 6.18 Å². The van der Waals surface area contributed by atoms with Crippen LogP contribution in [0.25, 0.3) is 0 Å². The highest BCUT2D eigenvalue weighted by molar-refractivity contribution is 7.81. The molecular formula is C42H46F4N8O5S. The first kappa shape index (κ1) is 43.9. The van der Waals surface area contributed by atoms with Gasteiger partial charge in [0.15, 0.2) is 16.7 Å². The molecule has 13 nitrogen and oxygen atoms in total. The number of rotatable bonds is 12. The molecule has 3 aliphatic rings. The minimum Gasteiger partial charge on any atom is -0.489 e. The summed E-state index contributed by atoms with van der Waals surface area (Å²) in [6, 6.07) is 13.8. The van der Waals surface area contributed by atoms with Crippen LogP contribution in [0.15, 0.2) is 54.6 Å². The van der Waals surface area contributed by atoms with Crippen molar-refractivity contribution in [1.29, 1.82) is 5.26 Å². The zero-order chi connectivity index (χ0) is 43.7. The van der Waals surface area contributed by atoms with Gasteiger partial charge in [-0.3, -0.25) is 39.2 Å². The molecule has 6 rings (SSSR count). The number of amides is 4. The van der Waals surface area contributed by atoms with Crippen molar-refractivity contribution in [3.05, 3.63) is 77.1 Å². The van der Waals surface area contributed by atoms with Crippen LogP contribution >= 0.6 is 12.2 Å². The van der Waals surface area contributed by atoms with Crippen LogP contribution in [0.5, 0.6) is 5.75 Å². The lowest BCUT2D eigenvalue weighted by atomic mass is 10.0. The molecule has 3 fully saturated rings. The Hall–Kier alpha value is -5.64. The fourth-order valence-corrected chi connectivity index (χ4v) is 8.49. The zero-order valence-electron chi connectivity index (χ0n) is 33.8. The second-order valence-electron chi connectivity index (χ2n) is 15.7. The summed E-state index contributed by atoms with van der Waals surface area (Å²) in [4.78, 5) is 57.2. The molecule has 4 amide bonds. The van der Waals surface area contributed by atoms with Crippen LogP contribution in [0.2, 0.25) is 0 Å². The third-order valence-electron chi connectivity index (χ3n) is 11.0. The van der Waals surface area contributed by atoms with Crippen LogP contribution in [-0.4, -0.2) is 95.0 Å². The maximum Gasteiger partial charge on any atom is 0.417 e. The Morgan fingerprint density at radius 2 is 1.73 bits per heavy atom. The first-order chi connectivity index (χ1) is 28.3. The quantitative estimate of drug-likeness (QED) is 0.115. The minimum absolute atomic E-state index is 0.00140. The maximum absolute atomic E-state index is 16.0. The fraction of sp³-hybridized carbons (Fsp3) is 0.429. The molecule has 0 radical (unpaired) electrons. The number of imide groups is 1. The summed E-state index contributed by atoms with van der Waals surface area (Å²) in [6.07, 6.45) is -3.87. The molecule has 3 aromatic rings. The van der Waals surface area contributed by atoms with Crippen LogP contribution in [0.3, 0.4) is 0 Å². The second kappa shape index (κ2) is 17.5. The smallest absolute Gasteiger partial charge is 0.417 e. The summed E-state index contributed by atoms with van der Waals surface area (Å²) in [5, 5.41) is 17.5. The monoisotopic (exact) mass is 850 g/mol. The first-order valence-corrected chi connectivity index (χ1v) is 20.0. The molecule has 3 aliphatic heterocycles. The Labute approximate surface area is 350 Å². The molecule has 3 saturated heterocycles. The lowest BCUT2D eigenvalue weighted by Gasteiger charge is -2.44. The van der Waals surface area contributed by atoms with Gasteiger partial charge in [0.2, 0.25) is 17.7 Å². The summed E-state index contributed by atoms with van der Waals surface area (Å²) in [6.45, 7) is 11.0. The molecular weight excluding hydrogens is 805 g/mol. The number of hydrogen-bond acceptors (Lipinski definition) is 10. The average molecular weight is 851 g/mol. The van der Waals surface area contributed by atoms with E-state index in [0.717, 1.165) is 11.0 Å². The summed E-state index contributed by atoms with van der Waals surface area (Å²) >= 11 is 5.64. The highest BCUT2D eigenvalue weighted by atomic mass is 32.1. The molecule has 0 aliphatic carbocycles. The van der Waals surface area contributed by atoms with E-state index in [1.54, 1.807) is 44.2 Å². The van der Waals surface area contributed by atoms with E-state index in [2.05, 4.69) is 25.8 Å². The van der Waals surface area contributed by atoms with Crippen molar-refractivity contribution in [2.75, 3.05) is 53.2 Å². The number of nitriles is 1. The third-order valence-corrected chi connectivity index (χ3v) is 11.3. The third kappa shape index (κ3) is 9.23. The number of hydrogen-bond donors (Lipinski definition) is 3. The summed E-state index contributed by atoms with van der Waals surface area (Å²) < 4.78 is 63.4. The highest BCUT2D eigenvalue weighted by Gasteiger charge is 2.51. The van der Waals surface area contributed by atoms with Gasteiger partial charge < -0.3 is 20.3 Å². The highest BCUT2D eigenvalue weighted by Crippen LogP contribution is 2.41. The van der Waals surface area contributed by atoms with Crippen molar-refractivity contribution >= 4 is 63.7 Å². The van der Waals surface area contributed by atoms with E-state index in [4.69, 9.17) is 17.0 Å². The molecule has 18 heteroatoms. The number of carbonyl (C=O) groups excluding carboxylic acids is 4. The number of aryl methyl sites for hydroxylation is 1. The Bertz CT molecular complexity index is 2240. The van der Waals surface area contributed by atoms with E-state index in [0.29, 0.717) is 55.5 Å². The van der Waals surface area contributed by atoms with Gasteiger partial charge in [-0.05, 0) is 101 Å². The van der Waals surface area contributed by atoms with Gasteiger partial charge in [-0.1, -0.05) is 13.0 Å². The van der Waals surface area contributed by atoms with E-state index >= 15 is 4.39 Å². The topological polar surface area (TPSA) is 150 Å². The van der Waals surface area contributed by atoms with Crippen molar-refractivity contribution in [2.24, 2.45) is 0 Å². The molecule has 318 valence electrons. The van der Waals surface area contributed by atoms with Crippen molar-refractivity contribution in [2.45, 2.75) is 83.7 Å². The lowest BCUT2D eigenvalue weighted by Crippen LogP contribution is -2.58. The molecule has 0 aromatic heterocycles. The van der Waals surface area contributed by atoms with Gasteiger partial charge in [-0.2, -0.15) is 18.4 Å². The minimum atomic E-state index is -4.85. The Kier molecular flexibility index (Phi) is 12.8. The van der Waals surface area contributed by atoms with Crippen LogP contribution in [-0.2, 0) is 31.8 Å². The number of carbonyl (C=O) groups is 4. The number of nitrogens with one attached hydrogen (secondary N) is 3. The van der Waals surface area contributed by atoms with E-state index in [1.165, 1.54) is 23.1 Å². The number of halogens is 4. The molecule has 3 N–H and O–H groups in total. The molecule has 3 aromatic carbocycles. The van der Waals surface area contributed by atoms with E-state index in [9.17, 15) is 37.6 Å². The number of alkyl halides is 3. The fourth-order valence-electron chi connectivity index (χ4n) is 7.97. The van der Waals surface area contributed by atoms with Gasteiger partial charge in [0.05, 0.1) is 29.4 Å².